The van der Waals surface area contributed by atoms with Gasteiger partial charge in [-0.05, 0) is 97.6 Å². The van der Waals surface area contributed by atoms with Gasteiger partial charge in [-0.1, -0.05) is 50.2 Å². The maximum absolute atomic E-state index is 11.3. The van der Waals surface area contributed by atoms with E-state index in [-0.39, 0.29) is 27.9 Å². The van der Waals surface area contributed by atoms with E-state index in [1.807, 2.05) is 6.07 Å². The lowest BCUT2D eigenvalue weighted by Gasteiger charge is -2.58. The molecule has 0 radical (unpaired) electrons. The third-order valence-corrected chi connectivity index (χ3v) is 9.63. The molecule has 4 atom stereocenters. The first-order valence-corrected chi connectivity index (χ1v) is 12.6. The summed E-state index contributed by atoms with van der Waals surface area (Å²) in [4.78, 5) is 12.6. The molecule has 0 bridgehead atoms. The first kappa shape index (κ1) is 23.7. The van der Waals surface area contributed by atoms with Crippen molar-refractivity contribution in [3.63, 3.8) is 0 Å². The molecule has 2 aromatic rings. The Morgan fingerprint density at radius 1 is 1.15 bits per heavy atom. The van der Waals surface area contributed by atoms with Crippen molar-refractivity contribution in [3.8, 4) is 11.5 Å². The van der Waals surface area contributed by atoms with Crippen molar-refractivity contribution in [1.82, 2.24) is 0 Å². The van der Waals surface area contributed by atoms with E-state index < -0.39 is 5.97 Å². The topological polar surface area (TPSA) is 77.8 Å². The normalized spacial score (nSPS) is 29.3. The number of allylic oxidation sites excluding steroid dienone is 2. The Morgan fingerprint density at radius 3 is 2.64 bits per heavy atom. The summed E-state index contributed by atoms with van der Waals surface area (Å²) < 4.78 is 0. The number of benzene rings is 2. The van der Waals surface area contributed by atoms with Crippen LogP contribution in [0.5, 0.6) is 11.5 Å². The molecule has 0 unspecified atom stereocenters. The summed E-state index contributed by atoms with van der Waals surface area (Å²) in [6, 6.07) is 9.89. The fraction of sp³-hybridized carbons (Fsp3) is 0.464. The van der Waals surface area contributed by atoms with Crippen LogP contribution in [0.3, 0.4) is 0 Å². The van der Waals surface area contributed by atoms with E-state index in [0.717, 1.165) is 24.8 Å². The molecular weight excluding hydrogens is 432 g/mol. The van der Waals surface area contributed by atoms with E-state index in [4.69, 9.17) is 0 Å². The molecule has 1 fully saturated rings. The van der Waals surface area contributed by atoms with Crippen LogP contribution in [0.25, 0.3) is 0 Å². The Morgan fingerprint density at radius 2 is 1.91 bits per heavy atom. The third-order valence-electron chi connectivity index (χ3n) is 8.61. The van der Waals surface area contributed by atoms with Crippen molar-refractivity contribution < 1.29 is 20.1 Å². The zero-order valence-corrected chi connectivity index (χ0v) is 20.7. The van der Waals surface area contributed by atoms with Crippen LogP contribution in [0, 0.1) is 22.7 Å². The SMILES string of the molecule is CC1=CCC[C@H]2[C@](C)(Cc3cc(O)cc(Sc4cccc(C(=O)O)c4)c3O)[C@@H](C)CC[C@]12C. The van der Waals surface area contributed by atoms with Gasteiger partial charge in [0.2, 0.25) is 0 Å². The molecule has 0 amide bonds. The Bertz CT molecular complexity index is 1110. The van der Waals surface area contributed by atoms with Gasteiger partial charge in [0.25, 0.3) is 0 Å². The molecule has 1 saturated carbocycles. The number of phenolic OH excluding ortho intramolecular Hbond substituents is 2. The Hall–Kier alpha value is -2.40. The molecule has 176 valence electrons. The van der Waals surface area contributed by atoms with Gasteiger partial charge in [0.1, 0.15) is 11.5 Å². The van der Waals surface area contributed by atoms with Crippen LogP contribution in [0.1, 0.15) is 69.3 Å². The largest absolute Gasteiger partial charge is 0.508 e. The summed E-state index contributed by atoms with van der Waals surface area (Å²) in [5.74, 6) is 0.337. The Labute approximate surface area is 200 Å². The van der Waals surface area contributed by atoms with E-state index in [0.29, 0.717) is 28.0 Å². The van der Waals surface area contributed by atoms with Gasteiger partial charge in [0.05, 0.1) is 10.5 Å². The van der Waals surface area contributed by atoms with E-state index >= 15 is 0 Å². The highest BCUT2D eigenvalue weighted by Gasteiger charge is 2.53. The second kappa shape index (κ2) is 8.75. The highest BCUT2D eigenvalue weighted by atomic mass is 32.2. The van der Waals surface area contributed by atoms with Crippen molar-refractivity contribution in [2.45, 2.75) is 69.6 Å². The van der Waals surface area contributed by atoms with Crippen LogP contribution >= 0.6 is 11.8 Å². The van der Waals surface area contributed by atoms with E-state index in [9.17, 15) is 20.1 Å². The van der Waals surface area contributed by atoms with Crippen LogP contribution < -0.4 is 0 Å². The van der Waals surface area contributed by atoms with Crippen molar-refractivity contribution >= 4 is 17.7 Å². The molecule has 0 heterocycles. The molecule has 0 spiro atoms. The van der Waals surface area contributed by atoms with E-state index in [1.165, 1.54) is 23.8 Å². The lowest BCUT2D eigenvalue weighted by Crippen LogP contribution is -2.50. The third kappa shape index (κ3) is 4.28. The van der Waals surface area contributed by atoms with Crippen LogP contribution in [0.4, 0.5) is 0 Å². The molecule has 2 aliphatic rings. The number of rotatable bonds is 5. The number of aromatic carboxylic acids is 1. The van der Waals surface area contributed by atoms with Gasteiger partial charge in [-0.25, -0.2) is 4.79 Å². The Balaban J connectivity index is 1.68. The minimum atomic E-state index is -0.989. The second-order valence-corrected chi connectivity index (χ2v) is 11.6. The summed E-state index contributed by atoms with van der Waals surface area (Å²) in [5.41, 5.74) is 2.63. The molecule has 33 heavy (non-hydrogen) atoms. The standard InChI is InChI=1S/C28H34O4S/c1-17-7-5-10-24-27(17,3)12-11-18(2)28(24,4)16-20-13-21(29)15-23(25(20)30)33-22-9-6-8-19(14-22)26(31)32/h6-9,13-15,18,24,29-30H,5,10-12,16H2,1-4H3,(H,31,32)/t18-,24+,27+,28+/m0/s1. The minimum Gasteiger partial charge on any atom is -0.508 e. The number of hydrogen-bond acceptors (Lipinski definition) is 4. The fourth-order valence-electron chi connectivity index (χ4n) is 6.30. The predicted octanol–water partition coefficient (Wildman–Crippen LogP) is 7.29. The van der Waals surface area contributed by atoms with Gasteiger partial charge in [-0.2, -0.15) is 0 Å². The number of phenols is 2. The van der Waals surface area contributed by atoms with Crippen molar-refractivity contribution in [2.75, 3.05) is 0 Å². The maximum Gasteiger partial charge on any atom is 0.335 e. The Kier molecular flexibility index (Phi) is 6.30. The van der Waals surface area contributed by atoms with Crippen LogP contribution in [-0.2, 0) is 6.42 Å². The monoisotopic (exact) mass is 466 g/mol. The van der Waals surface area contributed by atoms with Gasteiger partial charge in [0, 0.05) is 4.90 Å². The molecule has 0 aliphatic heterocycles. The molecule has 4 nitrogen and oxygen atoms in total. The summed E-state index contributed by atoms with van der Waals surface area (Å²) in [7, 11) is 0. The number of fused-ring (bicyclic) bond motifs is 1. The van der Waals surface area contributed by atoms with Gasteiger partial charge < -0.3 is 15.3 Å². The molecule has 5 heteroatoms. The van der Waals surface area contributed by atoms with Gasteiger partial charge in [-0.15, -0.1) is 0 Å². The number of carboxylic acids is 1. The summed E-state index contributed by atoms with van der Waals surface area (Å²) in [6.45, 7) is 9.38. The zero-order valence-electron chi connectivity index (χ0n) is 19.9. The zero-order chi connectivity index (χ0) is 24.0. The average Bonchev–Trinajstić information content (AvgIpc) is 2.76. The number of carbonyl (C=O) groups is 1. The lowest BCUT2D eigenvalue weighted by atomic mass is 9.47. The van der Waals surface area contributed by atoms with Crippen LogP contribution in [0.2, 0.25) is 0 Å². The van der Waals surface area contributed by atoms with E-state index in [2.05, 4.69) is 33.8 Å². The molecule has 3 N–H and O–H groups in total. The summed E-state index contributed by atoms with van der Waals surface area (Å²) in [5, 5.41) is 31.0. The van der Waals surface area contributed by atoms with Gasteiger partial charge in [-0.3, -0.25) is 0 Å². The number of aromatic hydroxyl groups is 2. The maximum atomic E-state index is 11.3. The van der Waals surface area contributed by atoms with Crippen LogP contribution in [0.15, 0.2) is 57.8 Å². The first-order chi connectivity index (χ1) is 15.5. The second-order valence-electron chi connectivity index (χ2n) is 10.4. The van der Waals surface area contributed by atoms with Crippen LogP contribution in [-0.4, -0.2) is 21.3 Å². The molecular formula is C28H34O4S. The highest BCUT2D eigenvalue weighted by Crippen LogP contribution is 2.61. The van der Waals surface area contributed by atoms with Crippen molar-refractivity contribution in [1.29, 1.82) is 0 Å². The average molecular weight is 467 g/mol. The quantitative estimate of drug-likeness (QED) is 0.319. The molecule has 2 aromatic carbocycles. The molecule has 4 rings (SSSR count). The highest BCUT2D eigenvalue weighted by molar-refractivity contribution is 7.99. The van der Waals surface area contributed by atoms with Crippen molar-refractivity contribution in [3.05, 3.63) is 59.2 Å². The summed E-state index contributed by atoms with van der Waals surface area (Å²) >= 11 is 1.28. The number of hydrogen-bond donors (Lipinski definition) is 3. The van der Waals surface area contributed by atoms with Crippen molar-refractivity contribution in [2.24, 2.45) is 22.7 Å². The predicted molar refractivity (Wildman–Crippen MR) is 132 cm³/mol. The molecule has 0 aromatic heterocycles. The van der Waals surface area contributed by atoms with Gasteiger partial charge in [0.15, 0.2) is 0 Å². The number of carboxylic acid groups (broad SMARTS) is 1. The van der Waals surface area contributed by atoms with Gasteiger partial charge >= 0.3 is 5.97 Å². The summed E-state index contributed by atoms with van der Waals surface area (Å²) in [6.07, 6.45) is 7.70. The van der Waals surface area contributed by atoms with E-state index in [1.54, 1.807) is 30.3 Å². The lowest BCUT2D eigenvalue weighted by molar-refractivity contribution is -0.0412. The molecule has 2 aliphatic carbocycles. The smallest absolute Gasteiger partial charge is 0.335 e. The fourth-order valence-corrected chi connectivity index (χ4v) is 7.29. The minimum absolute atomic E-state index is 0.00104. The molecule has 0 saturated heterocycles. The first-order valence-electron chi connectivity index (χ1n) is 11.8.